The van der Waals surface area contributed by atoms with Crippen molar-refractivity contribution in [2.24, 2.45) is 0 Å². The molecule has 33 heavy (non-hydrogen) atoms. The maximum absolute atomic E-state index is 12.3. The molecule has 1 amide bonds. The molecule has 1 aliphatic heterocycles. The normalized spacial score (nSPS) is 14.2. The number of hydrogen-bond acceptors (Lipinski definition) is 6. The van der Waals surface area contributed by atoms with Crippen molar-refractivity contribution in [2.45, 2.75) is 13.5 Å². The van der Waals surface area contributed by atoms with Crippen molar-refractivity contribution in [3.63, 3.8) is 0 Å². The second-order valence-corrected chi connectivity index (χ2v) is 8.00. The summed E-state index contributed by atoms with van der Waals surface area (Å²) in [6.45, 7) is 7.58. The van der Waals surface area contributed by atoms with Crippen LogP contribution in [0.2, 0.25) is 0 Å². The van der Waals surface area contributed by atoms with E-state index in [0.29, 0.717) is 17.8 Å². The molecule has 0 aliphatic carbocycles. The number of carbonyl (C=O) groups excluding carboxylic acids is 2. The van der Waals surface area contributed by atoms with Crippen molar-refractivity contribution in [1.82, 2.24) is 14.7 Å². The smallest absolute Gasteiger partial charge is 0.341 e. The van der Waals surface area contributed by atoms with Crippen LogP contribution in [0.1, 0.15) is 22.8 Å². The highest BCUT2D eigenvalue weighted by Gasteiger charge is 2.16. The topological polar surface area (TPSA) is 79.7 Å². The third-order valence-electron chi connectivity index (χ3n) is 5.73. The molecular weight excluding hydrogens is 418 g/mol. The molecule has 1 fully saturated rings. The number of nitrogens with one attached hydrogen (secondary N) is 1. The molecule has 0 radical (unpaired) electrons. The number of ether oxygens (including phenoxy) is 1. The maximum Gasteiger partial charge on any atom is 0.341 e. The number of benzene rings is 2. The van der Waals surface area contributed by atoms with Crippen molar-refractivity contribution in [3.05, 3.63) is 78.1 Å². The average Bonchev–Trinajstić information content (AvgIpc) is 3.32. The summed E-state index contributed by atoms with van der Waals surface area (Å²) < 4.78 is 6.81. The first kappa shape index (κ1) is 22.5. The first-order chi connectivity index (χ1) is 16.1. The fourth-order valence-corrected chi connectivity index (χ4v) is 3.82. The van der Waals surface area contributed by atoms with Crippen molar-refractivity contribution in [3.8, 4) is 0 Å². The molecule has 172 valence electrons. The van der Waals surface area contributed by atoms with Crippen molar-refractivity contribution >= 4 is 23.3 Å². The maximum atomic E-state index is 12.3. The number of piperazine rings is 1. The number of amides is 1. The van der Waals surface area contributed by atoms with Gasteiger partial charge in [-0.2, -0.15) is 5.10 Å². The van der Waals surface area contributed by atoms with Gasteiger partial charge in [-0.05, 0) is 36.4 Å². The molecule has 2 aromatic carbocycles. The molecule has 0 atom stereocenters. The Labute approximate surface area is 193 Å². The molecular formula is C25H29N5O3. The lowest BCUT2D eigenvalue weighted by atomic mass is 10.2. The number of hydrogen-bond donors (Lipinski definition) is 1. The summed E-state index contributed by atoms with van der Waals surface area (Å²) in [5.41, 5.74) is 3.20. The fourth-order valence-electron chi connectivity index (χ4n) is 3.82. The van der Waals surface area contributed by atoms with Crippen LogP contribution in [0.4, 0.5) is 11.4 Å². The summed E-state index contributed by atoms with van der Waals surface area (Å²) in [4.78, 5) is 29.3. The zero-order chi connectivity index (χ0) is 23.0. The van der Waals surface area contributed by atoms with Crippen molar-refractivity contribution in [2.75, 3.05) is 49.5 Å². The van der Waals surface area contributed by atoms with Gasteiger partial charge in [0.15, 0.2) is 6.61 Å². The fraction of sp³-hybridized carbons (Fsp3) is 0.320. The van der Waals surface area contributed by atoms with Crippen LogP contribution in [0, 0.1) is 0 Å². The Morgan fingerprint density at radius 3 is 2.42 bits per heavy atom. The first-order valence-corrected chi connectivity index (χ1v) is 11.2. The Morgan fingerprint density at radius 1 is 1.00 bits per heavy atom. The van der Waals surface area contributed by atoms with E-state index in [0.717, 1.165) is 44.0 Å². The molecule has 1 aromatic heterocycles. The van der Waals surface area contributed by atoms with E-state index in [4.69, 9.17) is 4.74 Å². The average molecular weight is 448 g/mol. The summed E-state index contributed by atoms with van der Waals surface area (Å²) >= 11 is 0. The van der Waals surface area contributed by atoms with Crippen LogP contribution < -0.4 is 10.2 Å². The summed E-state index contributed by atoms with van der Waals surface area (Å²) in [5.74, 6) is -0.963. The lowest BCUT2D eigenvalue weighted by Crippen LogP contribution is -2.46. The molecule has 0 saturated carbocycles. The van der Waals surface area contributed by atoms with Crippen molar-refractivity contribution in [1.29, 1.82) is 0 Å². The van der Waals surface area contributed by atoms with Crippen LogP contribution in [0.15, 0.2) is 67.0 Å². The van der Waals surface area contributed by atoms with Gasteiger partial charge in [-0.25, -0.2) is 4.79 Å². The number of rotatable bonds is 8. The lowest BCUT2D eigenvalue weighted by Gasteiger charge is -2.35. The Bertz CT molecular complexity index is 1060. The van der Waals surface area contributed by atoms with Gasteiger partial charge in [-0.15, -0.1) is 0 Å². The minimum Gasteiger partial charge on any atom is -0.452 e. The van der Waals surface area contributed by atoms with Gasteiger partial charge in [-0.1, -0.05) is 37.3 Å². The van der Waals surface area contributed by atoms with Gasteiger partial charge >= 0.3 is 5.97 Å². The van der Waals surface area contributed by atoms with Gasteiger partial charge in [0.1, 0.15) is 0 Å². The number of esters is 1. The van der Waals surface area contributed by atoms with Gasteiger partial charge in [-0.3, -0.25) is 9.48 Å². The molecule has 0 unspecified atom stereocenters. The number of carbonyl (C=O) groups is 2. The van der Waals surface area contributed by atoms with Gasteiger partial charge in [0.05, 0.1) is 18.3 Å². The van der Waals surface area contributed by atoms with E-state index in [2.05, 4.69) is 27.1 Å². The summed E-state index contributed by atoms with van der Waals surface area (Å²) in [7, 11) is 0. The number of likely N-dealkylation sites (N-methyl/N-ethyl adjacent to an activating group) is 1. The third-order valence-corrected chi connectivity index (χ3v) is 5.73. The Balaban J connectivity index is 1.23. The Hall–Kier alpha value is -3.65. The van der Waals surface area contributed by atoms with Crippen LogP contribution in [-0.2, 0) is 16.1 Å². The number of nitrogens with zero attached hydrogens (tertiary/aromatic N) is 4. The quantitative estimate of drug-likeness (QED) is 0.535. The van der Waals surface area contributed by atoms with E-state index in [1.807, 2.05) is 54.6 Å². The molecule has 1 aliphatic rings. The van der Waals surface area contributed by atoms with Gasteiger partial charge < -0.3 is 19.9 Å². The third kappa shape index (κ3) is 6.20. The summed E-state index contributed by atoms with van der Waals surface area (Å²) in [6, 6.07) is 17.6. The first-order valence-electron chi connectivity index (χ1n) is 11.2. The standard InChI is InChI=1S/C25H29N5O3/c1-2-28-12-14-29(15-13-28)23-10-8-22(9-11-23)27-24(31)19-33-25(32)21-16-26-30(18-21)17-20-6-4-3-5-7-20/h3-11,16,18H,2,12-15,17,19H2,1H3,(H,27,31). The number of aromatic nitrogens is 2. The monoisotopic (exact) mass is 447 g/mol. The van der Waals surface area contributed by atoms with Crippen LogP contribution in [0.25, 0.3) is 0 Å². The number of anilines is 2. The lowest BCUT2D eigenvalue weighted by molar-refractivity contribution is -0.119. The molecule has 1 saturated heterocycles. The van der Waals surface area contributed by atoms with Crippen LogP contribution in [-0.4, -0.2) is 65.9 Å². The molecule has 8 nitrogen and oxygen atoms in total. The highest BCUT2D eigenvalue weighted by atomic mass is 16.5. The van der Waals surface area contributed by atoms with Crippen LogP contribution in [0.3, 0.4) is 0 Å². The van der Waals surface area contributed by atoms with E-state index in [9.17, 15) is 9.59 Å². The predicted molar refractivity (Wildman–Crippen MR) is 127 cm³/mol. The molecule has 2 heterocycles. The van der Waals surface area contributed by atoms with E-state index in [1.54, 1.807) is 10.9 Å². The Kier molecular flexibility index (Phi) is 7.36. The van der Waals surface area contributed by atoms with E-state index in [1.165, 1.54) is 6.20 Å². The SMILES string of the molecule is CCN1CCN(c2ccc(NC(=O)COC(=O)c3cnn(Cc4ccccc4)c3)cc2)CC1. The van der Waals surface area contributed by atoms with Gasteiger partial charge in [0.25, 0.3) is 5.91 Å². The zero-order valence-corrected chi connectivity index (χ0v) is 18.8. The summed E-state index contributed by atoms with van der Waals surface area (Å²) in [5, 5.41) is 6.96. The van der Waals surface area contributed by atoms with E-state index >= 15 is 0 Å². The van der Waals surface area contributed by atoms with E-state index in [-0.39, 0.29) is 12.5 Å². The summed E-state index contributed by atoms with van der Waals surface area (Å²) in [6.07, 6.45) is 3.06. The predicted octanol–water partition coefficient (Wildman–Crippen LogP) is 2.87. The Morgan fingerprint density at radius 2 is 1.73 bits per heavy atom. The van der Waals surface area contributed by atoms with Crippen molar-refractivity contribution < 1.29 is 14.3 Å². The molecule has 4 rings (SSSR count). The molecule has 8 heteroatoms. The van der Waals surface area contributed by atoms with E-state index < -0.39 is 5.97 Å². The van der Waals surface area contributed by atoms with Crippen LogP contribution >= 0.6 is 0 Å². The highest BCUT2D eigenvalue weighted by molar-refractivity contribution is 5.95. The molecule has 0 bridgehead atoms. The van der Waals surface area contributed by atoms with Gasteiger partial charge in [0.2, 0.25) is 0 Å². The molecule has 3 aromatic rings. The molecule has 0 spiro atoms. The largest absolute Gasteiger partial charge is 0.452 e. The van der Waals surface area contributed by atoms with Crippen LogP contribution in [0.5, 0.6) is 0 Å². The second kappa shape index (κ2) is 10.8. The molecule has 1 N–H and O–H groups in total. The second-order valence-electron chi connectivity index (χ2n) is 8.00. The minimum atomic E-state index is -0.578. The van der Waals surface area contributed by atoms with Gasteiger partial charge in [0, 0.05) is 43.8 Å². The minimum absolute atomic E-state index is 0.311. The zero-order valence-electron chi connectivity index (χ0n) is 18.8. The highest BCUT2D eigenvalue weighted by Crippen LogP contribution is 2.19.